The number of aryl methyl sites for hydroxylation is 2. The van der Waals surface area contributed by atoms with E-state index in [1.54, 1.807) is 0 Å². The third-order valence-electron chi connectivity index (χ3n) is 8.21. The largest absolute Gasteiger partial charge is 0.310 e. The van der Waals surface area contributed by atoms with Crippen LogP contribution in [0.2, 0.25) is 0 Å². The van der Waals surface area contributed by atoms with Crippen LogP contribution < -0.4 is 4.90 Å². The first-order valence-electron chi connectivity index (χ1n) is 14.8. The van der Waals surface area contributed by atoms with Gasteiger partial charge in [-0.3, -0.25) is 0 Å². The Balaban J connectivity index is 1.33. The van der Waals surface area contributed by atoms with Gasteiger partial charge in [-0.1, -0.05) is 132 Å². The molecule has 0 atom stereocenters. The summed E-state index contributed by atoms with van der Waals surface area (Å²) in [6.07, 6.45) is 0. The molecule has 7 aromatic carbocycles. The molecule has 0 saturated heterocycles. The van der Waals surface area contributed by atoms with Crippen LogP contribution in [0.1, 0.15) is 11.1 Å². The number of rotatable bonds is 6. The number of nitrogens with zero attached hydrogens (tertiary/aromatic N) is 1. The van der Waals surface area contributed by atoms with Gasteiger partial charge in [-0.2, -0.15) is 0 Å². The second kappa shape index (κ2) is 11.5. The number of anilines is 3. The zero-order valence-electron chi connectivity index (χ0n) is 24.5. The predicted octanol–water partition coefficient (Wildman–Crippen LogP) is 11.9. The van der Waals surface area contributed by atoms with E-state index in [0.29, 0.717) is 0 Å². The SMILES string of the molecule is Cc1ccc(N(c2ccc(C)cc2)c2ccc(-c3ccc(-c4ccc5ccccc5c4)cc3)c(-c3ccccc3)c2)cc1. The van der Waals surface area contributed by atoms with Gasteiger partial charge in [0.15, 0.2) is 0 Å². The maximum absolute atomic E-state index is 2.35. The maximum Gasteiger partial charge on any atom is 0.0468 e. The zero-order chi connectivity index (χ0) is 29.2. The second-order valence-corrected chi connectivity index (χ2v) is 11.2. The van der Waals surface area contributed by atoms with Crippen LogP contribution in [0.3, 0.4) is 0 Å². The maximum atomic E-state index is 2.35. The van der Waals surface area contributed by atoms with Crippen molar-refractivity contribution in [2.24, 2.45) is 0 Å². The minimum Gasteiger partial charge on any atom is -0.310 e. The van der Waals surface area contributed by atoms with Gasteiger partial charge in [-0.15, -0.1) is 0 Å². The average molecular weight is 552 g/mol. The van der Waals surface area contributed by atoms with Gasteiger partial charge in [-0.05, 0) is 100 Å². The highest BCUT2D eigenvalue weighted by molar-refractivity contribution is 5.90. The van der Waals surface area contributed by atoms with E-state index in [1.165, 1.54) is 55.3 Å². The second-order valence-electron chi connectivity index (χ2n) is 11.2. The number of hydrogen-bond acceptors (Lipinski definition) is 1. The molecule has 0 aliphatic rings. The Hall–Kier alpha value is -5.40. The van der Waals surface area contributed by atoms with Crippen LogP contribution in [0.15, 0.2) is 164 Å². The third kappa shape index (κ3) is 5.46. The van der Waals surface area contributed by atoms with Gasteiger partial charge < -0.3 is 4.90 Å². The highest BCUT2D eigenvalue weighted by Crippen LogP contribution is 2.41. The van der Waals surface area contributed by atoms with E-state index in [1.807, 2.05) is 0 Å². The molecule has 0 fully saturated rings. The van der Waals surface area contributed by atoms with Crippen LogP contribution in [0, 0.1) is 13.8 Å². The van der Waals surface area contributed by atoms with Crippen molar-refractivity contribution >= 4 is 27.8 Å². The highest BCUT2D eigenvalue weighted by Gasteiger charge is 2.16. The molecule has 7 aromatic rings. The molecule has 0 radical (unpaired) electrons. The van der Waals surface area contributed by atoms with Crippen molar-refractivity contribution in [2.75, 3.05) is 4.90 Å². The van der Waals surface area contributed by atoms with Crippen molar-refractivity contribution in [1.82, 2.24) is 0 Å². The molecule has 7 rings (SSSR count). The summed E-state index contributed by atoms with van der Waals surface area (Å²) in [4.78, 5) is 2.35. The van der Waals surface area contributed by atoms with Crippen molar-refractivity contribution < 1.29 is 0 Å². The van der Waals surface area contributed by atoms with E-state index in [4.69, 9.17) is 0 Å². The Morgan fingerprint density at radius 2 is 0.837 bits per heavy atom. The van der Waals surface area contributed by atoms with E-state index in [-0.39, 0.29) is 0 Å². The molecule has 1 heteroatoms. The summed E-state index contributed by atoms with van der Waals surface area (Å²) in [5.41, 5.74) is 13.2. The molecule has 0 bridgehead atoms. The van der Waals surface area contributed by atoms with Gasteiger partial charge >= 0.3 is 0 Å². The van der Waals surface area contributed by atoms with Crippen molar-refractivity contribution in [1.29, 1.82) is 0 Å². The molecule has 0 unspecified atom stereocenters. The lowest BCUT2D eigenvalue weighted by Crippen LogP contribution is -2.10. The molecule has 0 aliphatic carbocycles. The lowest BCUT2D eigenvalue weighted by atomic mass is 9.92. The fraction of sp³-hybridized carbons (Fsp3) is 0.0476. The van der Waals surface area contributed by atoms with Crippen LogP contribution in [0.4, 0.5) is 17.1 Å². The average Bonchev–Trinajstić information content (AvgIpc) is 3.07. The van der Waals surface area contributed by atoms with Crippen molar-refractivity contribution in [3.8, 4) is 33.4 Å². The van der Waals surface area contributed by atoms with Gasteiger partial charge in [0.25, 0.3) is 0 Å². The first kappa shape index (κ1) is 26.5. The molecule has 0 spiro atoms. The summed E-state index contributed by atoms with van der Waals surface area (Å²) < 4.78 is 0. The third-order valence-corrected chi connectivity index (χ3v) is 8.21. The first-order valence-corrected chi connectivity index (χ1v) is 14.8. The molecule has 1 nitrogen and oxygen atoms in total. The Labute approximate surface area is 254 Å². The van der Waals surface area contributed by atoms with Gasteiger partial charge in [0, 0.05) is 17.1 Å². The number of benzene rings is 7. The topological polar surface area (TPSA) is 3.24 Å². The Morgan fingerprint density at radius 3 is 1.49 bits per heavy atom. The normalized spacial score (nSPS) is 11.0. The number of hydrogen-bond donors (Lipinski definition) is 0. The molecule has 0 aromatic heterocycles. The highest BCUT2D eigenvalue weighted by atomic mass is 15.1. The van der Waals surface area contributed by atoms with Gasteiger partial charge in [0.05, 0.1) is 0 Å². The lowest BCUT2D eigenvalue weighted by molar-refractivity contribution is 1.27. The summed E-state index contributed by atoms with van der Waals surface area (Å²) in [5, 5.41) is 2.53. The molecule has 0 saturated carbocycles. The molecule has 0 amide bonds. The fourth-order valence-electron chi connectivity index (χ4n) is 5.83. The summed E-state index contributed by atoms with van der Waals surface area (Å²) >= 11 is 0. The summed E-state index contributed by atoms with van der Waals surface area (Å²) in [5.74, 6) is 0. The summed E-state index contributed by atoms with van der Waals surface area (Å²) in [6.45, 7) is 4.27. The van der Waals surface area contributed by atoms with Gasteiger partial charge in [0.1, 0.15) is 0 Å². The van der Waals surface area contributed by atoms with E-state index >= 15 is 0 Å². The Kier molecular flexibility index (Phi) is 7.07. The molecule has 0 heterocycles. The van der Waals surface area contributed by atoms with Crippen molar-refractivity contribution in [3.05, 3.63) is 175 Å². The fourth-order valence-corrected chi connectivity index (χ4v) is 5.83. The molecular formula is C42H33N. The molecular weight excluding hydrogens is 518 g/mol. The molecule has 0 aliphatic heterocycles. The van der Waals surface area contributed by atoms with Crippen molar-refractivity contribution in [2.45, 2.75) is 13.8 Å². The molecule has 0 N–H and O–H groups in total. The van der Waals surface area contributed by atoms with Gasteiger partial charge in [-0.25, -0.2) is 0 Å². The number of fused-ring (bicyclic) bond motifs is 1. The van der Waals surface area contributed by atoms with E-state index in [0.717, 1.165) is 17.1 Å². The van der Waals surface area contributed by atoms with Crippen molar-refractivity contribution in [3.63, 3.8) is 0 Å². The smallest absolute Gasteiger partial charge is 0.0468 e. The minimum atomic E-state index is 1.13. The predicted molar refractivity (Wildman–Crippen MR) is 184 cm³/mol. The summed E-state index contributed by atoms with van der Waals surface area (Å²) in [6, 6.07) is 59.3. The first-order chi connectivity index (χ1) is 21.1. The Morgan fingerprint density at radius 1 is 0.326 bits per heavy atom. The van der Waals surface area contributed by atoms with Crippen LogP contribution >= 0.6 is 0 Å². The standard InChI is InChI=1S/C42H33N/c1-30-12-22-38(23-13-30)43(39-24-14-31(2)15-25-39)40-26-27-41(42(29-40)34-9-4-3-5-10-34)35-19-16-33(17-20-35)37-21-18-32-8-6-7-11-36(32)28-37/h3-29H,1-2H3. The minimum absolute atomic E-state index is 1.13. The zero-order valence-corrected chi connectivity index (χ0v) is 24.5. The summed E-state index contributed by atoms with van der Waals surface area (Å²) in [7, 11) is 0. The van der Waals surface area contributed by atoms with E-state index in [9.17, 15) is 0 Å². The van der Waals surface area contributed by atoms with E-state index in [2.05, 4.69) is 183 Å². The van der Waals surface area contributed by atoms with Crippen LogP contribution in [0.5, 0.6) is 0 Å². The van der Waals surface area contributed by atoms with Crippen LogP contribution in [-0.2, 0) is 0 Å². The van der Waals surface area contributed by atoms with E-state index < -0.39 is 0 Å². The molecule has 43 heavy (non-hydrogen) atoms. The quantitative estimate of drug-likeness (QED) is 0.199. The monoisotopic (exact) mass is 551 g/mol. The van der Waals surface area contributed by atoms with Gasteiger partial charge in [0.2, 0.25) is 0 Å². The van der Waals surface area contributed by atoms with Crippen LogP contribution in [0.25, 0.3) is 44.2 Å². The Bertz CT molecular complexity index is 1960. The lowest BCUT2D eigenvalue weighted by Gasteiger charge is -2.27. The van der Waals surface area contributed by atoms with Crippen LogP contribution in [-0.4, -0.2) is 0 Å². The molecule has 206 valence electrons.